The summed E-state index contributed by atoms with van der Waals surface area (Å²) in [6, 6.07) is 0. The van der Waals surface area contributed by atoms with Gasteiger partial charge in [0.25, 0.3) is 0 Å². The summed E-state index contributed by atoms with van der Waals surface area (Å²) in [5.41, 5.74) is 0. The summed E-state index contributed by atoms with van der Waals surface area (Å²) in [5, 5.41) is 16.5. The number of esters is 1. The molecule has 110 valence electrons. The van der Waals surface area contributed by atoms with Gasteiger partial charge in [-0.25, -0.2) is 0 Å². The molecule has 0 aromatic carbocycles. The molecule has 0 radical (unpaired) electrons. The van der Waals surface area contributed by atoms with Gasteiger partial charge in [-0.1, -0.05) is 0 Å². The molecule has 0 unspecified atom stereocenters. The minimum Gasteiger partial charge on any atom is -0.468 e. The van der Waals surface area contributed by atoms with Crippen molar-refractivity contribution in [2.45, 2.75) is 6.54 Å². The number of ether oxygens (including phenoxy) is 2. The number of nitrogens with zero attached hydrogens (tertiary/aromatic N) is 4. The van der Waals surface area contributed by atoms with E-state index in [2.05, 4.69) is 20.1 Å². The summed E-state index contributed by atoms with van der Waals surface area (Å²) < 4.78 is 9.96. The zero-order valence-electron chi connectivity index (χ0n) is 10.9. The van der Waals surface area contributed by atoms with Crippen LogP contribution in [0.4, 0.5) is 5.95 Å². The molecule has 1 N–H and O–H groups in total. The Kier molecular flexibility index (Phi) is 5.53. The monoisotopic (exact) mass is 287 g/mol. The van der Waals surface area contributed by atoms with Gasteiger partial charge < -0.3 is 24.9 Å². The molecular formula is C9H13N5O6. The van der Waals surface area contributed by atoms with Crippen molar-refractivity contribution in [3.05, 3.63) is 15.9 Å². The summed E-state index contributed by atoms with van der Waals surface area (Å²) in [5.74, 6) is -2.54. The fourth-order valence-corrected chi connectivity index (χ4v) is 1.22. The number of methoxy groups -OCH3 is 2. The van der Waals surface area contributed by atoms with Crippen LogP contribution in [0.25, 0.3) is 0 Å². The number of carbonyl (C=O) groups is 2. The molecule has 0 atom stereocenters. The van der Waals surface area contributed by atoms with Crippen molar-refractivity contribution in [1.29, 1.82) is 0 Å². The molecule has 1 aromatic rings. The minimum absolute atomic E-state index is 0.189. The van der Waals surface area contributed by atoms with Crippen LogP contribution in [0.1, 0.15) is 10.6 Å². The second-order valence-corrected chi connectivity index (χ2v) is 3.48. The highest BCUT2D eigenvalue weighted by Crippen LogP contribution is 2.06. The van der Waals surface area contributed by atoms with Crippen LogP contribution >= 0.6 is 0 Å². The van der Waals surface area contributed by atoms with Gasteiger partial charge in [-0.05, 0) is 9.91 Å². The van der Waals surface area contributed by atoms with E-state index >= 15 is 0 Å². The summed E-state index contributed by atoms with van der Waals surface area (Å²) in [6.45, 7) is -0.00242. The Bertz CT molecular complexity index is 513. The fourth-order valence-electron chi connectivity index (χ4n) is 1.22. The molecule has 0 saturated carbocycles. The van der Waals surface area contributed by atoms with Crippen LogP contribution in [-0.4, -0.2) is 58.9 Å². The lowest BCUT2D eigenvalue weighted by Crippen LogP contribution is -2.30. The first-order chi connectivity index (χ1) is 9.49. The smallest absolute Gasteiger partial charge is 0.468 e. The average Bonchev–Trinajstić information content (AvgIpc) is 2.83. The van der Waals surface area contributed by atoms with Crippen LogP contribution in [0, 0.1) is 10.1 Å². The largest absolute Gasteiger partial charge is 0.491 e. The molecule has 0 aliphatic carbocycles. The number of nitro groups is 1. The van der Waals surface area contributed by atoms with E-state index in [4.69, 9.17) is 4.74 Å². The Hall–Kier alpha value is -2.56. The van der Waals surface area contributed by atoms with E-state index in [9.17, 15) is 19.7 Å². The topological polar surface area (TPSA) is 138 Å². The van der Waals surface area contributed by atoms with Crippen molar-refractivity contribution in [2.24, 2.45) is 0 Å². The first-order valence-corrected chi connectivity index (χ1v) is 5.42. The molecule has 1 aromatic heterocycles. The van der Waals surface area contributed by atoms with Crippen molar-refractivity contribution < 1.29 is 24.0 Å². The number of hydrogen-bond donors (Lipinski definition) is 1. The van der Waals surface area contributed by atoms with Gasteiger partial charge in [0.2, 0.25) is 0 Å². The number of amides is 1. The third-order valence-electron chi connectivity index (χ3n) is 2.13. The van der Waals surface area contributed by atoms with E-state index in [-0.39, 0.29) is 19.0 Å². The van der Waals surface area contributed by atoms with Gasteiger partial charge in [-0.3, -0.25) is 9.59 Å². The van der Waals surface area contributed by atoms with Crippen molar-refractivity contribution >= 4 is 17.8 Å². The van der Waals surface area contributed by atoms with Crippen LogP contribution in [0.2, 0.25) is 0 Å². The summed E-state index contributed by atoms with van der Waals surface area (Å²) in [7, 11) is 2.60. The third-order valence-corrected chi connectivity index (χ3v) is 2.13. The maximum atomic E-state index is 11.8. The molecule has 11 nitrogen and oxygen atoms in total. The molecule has 0 bridgehead atoms. The van der Waals surface area contributed by atoms with Crippen LogP contribution < -0.4 is 5.32 Å². The summed E-state index contributed by atoms with van der Waals surface area (Å²) in [6.07, 6.45) is 0. The van der Waals surface area contributed by atoms with E-state index < -0.39 is 29.3 Å². The molecule has 20 heavy (non-hydrogen) atoms. The Morgan fingerprint density at radius 2 is 2.15 bits per heavy atom. The summed E-state index contributed by atoms with van der Waals surface area (Å²) >= 11 is 0. The molecular weight excluding hydrogens is 274 g/mol. The van der Waals surface area contributed by atoms with Crippen molar-refractivity contribution in [1.82, 2.24) is 20.1 Å². The van der Waals surface area contributed by atoms with Gasteiger partial charge in [0.15, 0.2) is 6.54 Å². The molecule has 1 heterocycles. The maximum absolute atomic E-state index is 11.8. The Morgan fingerprint density at radius 1 is 1.45 bits per heavy atom. The normalized spacial score (nSPS) is 10.1. The number of hydrogen-bond acceptors (Lipinski definition) is 8. The van der Waals surface area contributed by atoms with E-state index in [1.165, 1.54) is 7.11 Å². The number of nitrogens with one attached hydrogen (secondary N) is 1. The molecule has 1 amide bonds. The Morgan fingerprint density at radius 3 is 2.70 bits per heavy atom. The zero-order valence-corrected chi connectivity index (χ0v) is 10.9. The highest BCUT2D eigenvalue weighted by molar-refractivity contribution is 5.91. The standard InChI is InChI=1S/C9H13N5O6/c1-19-4-3-10-8(16)7-11-9(14(17)18)12-13(7)5-6(15)20-2/h3-5H2,1-2H3,(H,10,16). The van der Waals surface area contributed by atoms with Gasteiger partial charge in [-0.15, -0.1) is 0 Å². The predicted octanol–water partition coefficient (Wildman–Crippen LogP) is -1.26. The molecule has 0 aliphatic rings. The van der Waals surface area contributed by atoms with E-state index in [0.29, 0.717) is 0 Å². The number of aromatic nitrogens is 3. The molecule has 0 aliphatic heterocycles. The Labute approximate surface area is 113 Å². The second kappa shape index (κ2) is 7.13. The number of carbonyl (C=O) groups excluding carboxylic acids is 2. The fraction of sp³-hybridized carbons (Fsp3) is 0.556. The summed E-state index contributed by atoms with van der Waals surface area (Å²) in [4.78, 5) is 36.2. The van der Waals surface area contributed by atoms with Crippen LogP contribution in [0.5, 0.6) is 0 Å². The van der Waals surface area contributed by atoms with Gasteiger partial charge >= 0.3 is 23.6 Å². The average molecular weight is 287 g/mol. The predicted molar refractivity (Wildman–Crippen MR) is 62.9 cm³/mol. The van der Waals surface area contributed by atoms with Gasteiger partial charge in [0, 0.05) is 18.8 Å². The van der Waals surface area contributed by atoms with Gasteiger partial charge in [-0.2, -0.15) is 4.68 Å². The zero-order chi connectivity index (χ0) is 15.1. The lowest BCUT2D eigenvalue weighted by atomic mass is 10.5. The van der Waals surface area contributed by atoms with Crippen LogP contribution in [0.3, 0.4) is 0 Å². The molecule has 0 spiro atoms. The van der Waals surface area contributed by atoms with Crippen LogP contribution in [0.15, 0.2) is 0 Å². The first-order valence-electron chi connectivity index (χ1n) is 5.42. The van der Waals surface area contributed by atoms with Gasteiger partial charge in [0.05, 0.1) is 13.7 Å². The molecule has 0 fully saturated rings. The van der Waals surface area contributed by atoms with E-state index in [0.717, 1.165) is 11.8 Å². The van der Waals surface area contributed by atoms with Crippen molar-refractivity contribution in [3.63, 3.8) is 0 Å². The molecule has 11 heteroatoms. The van der Waals surface area contributed by atoms with Crippen LogP contribution in [-0.2, 0) is 20.8 Å². The highest BCUT2D eigenvalue weighted by Gasteiger charge is 2.28. The minimum atomic E-state index is -0.861. The second-order valence-electron chi connectivity index (χ2n) is 3.48. The van der Waals surface area contributed by atoms with E-state index in [1.54, 1.807) is 0 Å². The number of rotatable bonds is 7. The van der Waals surface area contributed by atoms with Crippen molar-refractivity contribution in [2.75, 3.05) is 27.4 Å². The molecule has 1 rings (SSSR count). The molecule has 0 saturated heterocycles. The third kappa shape index (κ3) is 3.98. The van der Waals surface area contributed by atoms with Gasteiger partial charge in [0.1, 0.15) is 0 Å². The lowest BCUT2D eigenvalue weighted by Gasteiger charge is -2.02. The SMILES string of the molecule is COCCNC(=O)c1nc([N+](=O)[O-])nn1CC(=O)OC. The maximum Gasteiger partial charge on any atom is 0.491 e. The Balaban J connectivity index is 2.93. The highest BCUT2D eigenvalue weighted by atomic mass is 16.6. The lowest BCUT2D eigenvalue weighted by molar-refractivity contribution is -0.394. The quantitative estimate of drug-likeness (QED) is 0.283. The van der Waals surface area contributed by atoms with Crippen molar-refractivity contribution in [3.8, 4) is 0 Å². The van der Waals surface area contributed by atoms with E-state index in [1.807, 2.05) is 0 Å². The first kappa shape index (κ1) is 15.5.